The predicted molar refractivity (Wildman–Crippen MR) is 84.9 cm³/mol. The van der Waals surface area contributed by atoms with E-state index in [9.17, 15) is 9.18 Å². The molecule has 1 aromatic carbocycles. The molecule has 1 unspecified atom stereocenters. The van der Waals surface area contributed by atoms with Gasteiger partial charge in [0, 0.05) is 17.8 Å². The molecule has 2 aromatic heterocycles. The van der Waals surface area contributed by atoms with E-state index in [-0.39, 0.29) is 5.82 Å². The fraction of sp³-hybridized carbons (Fsp3) is 0.235. The number of methoxy groups -OCH3 is 1. The largest absolute Gasteiger partial charge is 0.453 e. The minimum atomic E-state index is -0.453. The Kier molecular flexibility index (Phi) is 3.41. The van der Waals surface area contributed by atoms with Gasteiger partial charge in [-0.15, -0.1) is 0 Å². The fourth-order valence-corrected chi connectivity index (χ4v) is 3.35. The monoisotopic (exact) mass is 326 g/mol. The molecule has 1 amide bonds. The Labute approximate surface area is 137 Å². The maximum Gasteiger partial charge on any atom is 0.410 e. The molecule has 0 bridgehead atoms. The van der Waals surface area contributed by atoms with Crippen molar-refractivity contribution in [2.24, 2.45) is 0 Å². The highest BCUT2D eigenvalue weighted by Gasteiger charge is 2.35. The van der Waals surface area contributed by atoms with Gasteiger partial charge >= 0.3 is 6.09 Å². The number of nitrogens with one attached hydrogen (secondary N) is 1. The Bertz CT molecular complexity index is 924. The summed E-state index contributed by atoms with van der Waals surface area (Å²) in [6, 6.07) is 5.80. The van der Waals surface area contributed by atoms with Gasteiger partial charge in [-0.2, -0.15) is 0 Å². The van der Waals surface area contributed by atoms with Gasteiger partial charge in [-0.3, -0.25) is 4.90 Å². The number of fused-ring (bicyclic) bond motifs is 3. The summed E-state index contributed by atoms with van der Waals surface area (Å²) in [6.07, 6.45) is 3.40. The first kappa shape index (κ1) is 14.6. The zero-order chi connectivity index (χ0) is 16.7. The number of H-pyrrole nitrogens is 1. The molecular weight excluding hydrogens is 311 g/mol. The van der Waals surface area contributed by atoms with E-state index in [4.69, 9.17) is 4.74 Å². The lowest BCUT2D eigenvalue weighted by Crippen LogP contribution is -2.40. The van der Waals surface area contributed by atoms with Crippen LogP contribution in [0.2, 0.25) is 0 Å². The van der Waals surface area contributed by atoms with E-state index in [1.54, 1.807) is 23.2 Å². The van der Waals surface area contributed by atoms with Crippen molar-refractivity contribution in [2.45, 2.75) is 12.5 Å². The van der Waals surface area contributed by atoms with Crippen molar-refractivity contribution in [2.75, 3.05) is 13.7 Å². The molecule has 24 heavy (non-hydrogen) atoms. The zero-order valence-electron chi connectivity index (χ0n) is 13.0. The lowest BCUT2D eigenvalue weighted by Gasteiger charge is -2.34. The van der Waals surface area contributed by atoms with Crippen LogP contribution in [0.4, 0.5) is 9.18 Å². The highest BCUT2D eigenvalue weighted by atomic mass is 19.1. The Balaban J connectivity index is 1.92. The summed E-state index contributed by atoms with van der Waals surface area (Å²) < 4.78 is 18.7. The van der Waals surface area contributed by atoms with Crippen molar-refractivity contribution < 1.29 is 13.9 Å². The molecule has 0 saturated carbocycles. The van der Waals surface area contributed by atoms with E-state index in [0.717, 1.165) is 22.3 Å². The van der Waals surface area contributed by atoms with Crippen LogP contribution < -0.4 is 0 Å². The molecule has 0 spiro atoms. The predicted octanol–water partition coefficient (Wildman–Crippen LogP) is 2.81. The number of ether oxygens (including phenoxy) is 1. The number of hydrogen-bond donors (Lipinski definition) is 1. The van der Waals surface area contributed by atoms with Crippen molar-refractivity contribution >= 4 is 17.1 Å². The third-order valence-electron chi connectivity index (χ3n) is 4.35. The molecule has 6 nitrogen and oxygen atoms in total. The average Bonchev–Trinajstić information content (AvgIpc) is 2.98. The van der Waals surface area contributed by atoms with Crippen molar-refractivity contribution in [3.8, 4) is 0 Å². The van der Waals surface area contributed by atoms with E-state index in [2.05, 4.69) is 15.0 Å². The quantitative estimate of drug-likeness (QED) is 0.746. The van der Waals surface area contributed by atoms with E-state index in [0.29, 0.717) is 18.5 Å². The maximum atomic E-state index is 13.7. The summed E-state index contributed by atoms with van der Waals surface area (Å²) in [7, 11) is 1.34. The third-order valence-corrected chi connectivity index (χ3v) is 4.35. The summed E-state index contributed by atoms with van der Waals surface area (Å²) in [4.78, 5) is 25.5. The van der Waals surface area contributed by atoms with E-state index in [1.807, 2.05) is 0 Å². The number of aromatic amines is 1. The molecular formula is C17H15FN4O2. The normalized spacial score (nSPS) is 16.9. The van der Waals surface area contributed by atoms with Gasteiger partial charge in [0.05, 0.1) is 24.3 Å². The number of rotatable bonds is 1. The van der Waals surface area contributed by atoms with Crippen LogP contribution in [-0.2, 0) is 11.2 Å². The molecule has 122 valence electrons. The molecule has 1 N–H and O–H groups in total. The van der Waals surface area contributed by atoms with E-state index >= 15 is 0 Å². The number of halogens is 1. The molecule has 4 rings (SSSR count). The minimum absolute atomic E-state index is 0.347. The Morgan fingerprint density at radius 2 is 2.33 bits per heavy atom. The SMILES string of the molecule is COC(=O)N1CCc2c([nH]c3cncnc23)C1c1cccc(F)c1. The molecule has 0 fully saturated rings. The van der Waals surface area contributed by atoms with Gasteiger partial charge in [-0.25, -0.2) is 19.2 Å². The van der Waals surface area contributed by atoms with Gasteiger partial charge in [0.25, 0.3) is 0 Å². The van der Waals surface area contributed by atoms with Crippen LogP contribution in [0.1, 0.15) is 22.9 Å². The van der Waals surface area contributed by atoms with Crippen LogP contribution >= 0.6 is 0 Å². The van der Waals surface area contributed by atoms with Crippen LogP contribution in [0.3, 0.4) is 0 Å². The van der Waals surface area contributed by atoms with Crippen molar-refractivity contribution in [3.63, 3.8) is 0 Å². The number of amides is 1. The standard InChI is InChI=1S/C17H15FN4O2/c1-24-17(23)22-6-5-12-14-13(8-19-9-20-14)21-15(12)16(22)10-3-2-4-11(18)7-10/h2-4,7-9,16,21H,5-6H2,1H3. The number of carbonyl (C=O) groups excluding carboxylic acids is 1. The van der Waals surface area contributed by atoms with E-state index < -0.39 is 12.1 Å². The summed E-state index contributed by atoms with van der Waals surface area (Å²) >= 11 is 0. The van der Waals surface area contributed by atoms with E-state index in [1.165, 1.54) is 25.6 Å². The summed E-state index contributed by atoms with van der Waals surface area (Å²) in [5.41, 5.74) is 4.18. The molecule has 3 aromatic rings. The number of benzene rings is 1. The van der Waals surface area contributed by atoms with Gasteiger partial charge in [0.15, 0.2) is 0 Å². The second kappa shape index (κ2) is 5.59. The lowest BCUT2D eigenvalue weighted by molar-refractivity contribution is 0.108. The first-order chi connectivity index (χ1) is 11.7. The Hall–Kier alpha value is -2.96. The smallest absolute Gasteiger partial charge is 0.410 e. The van der Waals surface area contributed by atoms with Gasteiger partial charge in [-0.1, -0.05) is 12.1 Å². The summed E-state index contributed by atoms with van der Waals surface area (Å²) in [5, 5.41) is 0. The molecule has 0 saturated heterocycles. The van der Waals surface area contributed by atoms with Crippen molar-refractivity contribution in [3.05, 3.63) is 59.4 Å². The molecule has 1 aliphatic rings. The minimum Gasteiger partial charge on any atom is -0.453 e. The highest BCUT2D eigenvalue weighted by molar-refractivity contribution is 5.81. The maximum absolute atomic E-state index is 13.7. The number of hydrogen-bond acceptors (Lipinski definition) is 4. The Morgan fingerprint density at radius 3 is 3.12 bits per heavy atom. The molecule has 0 radical (unpaired) electrons. The van der Waals surface area contributed by atoms with Crippen molar-refractivity contribution in [1.82, 2.24) is 19.9 Å². The number of aromatic nitrogens is 3. The summed E-state index contributed by atoms with van der Waals surface area (Å²) in [5.74, 6) is -0.347. The van der Waals surface area contributed by atoms with Gasteiger partial charge in [-0.05, 0) is 24.1 Å². The van der Waals surface area contributed by atoms with Crippen LogP contribution in [0.5, 0.6) is 0 Å². The number of carbonyl (C=O) groups is 1. The van der Waals surface area contributed by atoms with Crippen molar-refractivity contribution in [1.29, 1.82) is 0 Å². The molecule has 1 aliphatic heterocycles. The summed E-state index contributed by atoms with van der Waals surface area (Å²) in [6.45, 7) is 0.470. The van der Waals surface area contributed by atoms with Gasteiger partial charge in [0.1, 0.15) is 18.2 Å². The lowest BCUT2D eigenvalue weighted by atomic mass is 9.93. The first-order valence-corrected chi connectivity index (χ1v) is 7.59. The zero-order valence-corrected chi connectivity index (χ0v) is 13.0. The fourth-order valence-electron chi connectivity index (χ4n) is 3.35. The first-order valence-electron chi connectivity index (χ1n) is 7.59. The second-order valence-corrected chi connectivity index (χ2v) is 5.67. The van der Waals surface area contributed by atoms with Crippen LogP contribution in [0.15, 0.2) is 36.8 Å². The third kappa shape index (κ3) is 2.20. The number of nitrogens with zero attached hydrogens (tertiary/aromatic N) is 3. The van der Waals surface area contributed by atoms with Gasteiger partial charge in [0.2, 0.25) is 0 Å². The average molecular weight is 326 g/mol. The topological polar surface area (TPSA) is 71.1 Å². The van der Waals surface area contributed by atoms with Crippen LogP contribution in [-0.4, -0.2) is 39.6 Å². The van der Waals surface area contributed by atoms with Crippen LogP contribution in [0, 0.1) is 5.82 Å². The van der Waals surface area contributed by atoms with Crippen LogP contribution in [0.25, 0.3) is 11.0 Å². The second-order valence-electron chi connectivity index (χ2n) is 5.67. The highest BCUT2D eigenvalue weighted by Crippen LogP contribution is 2.37. The molecule has 1 atom stereocenters. The molecule has 0 aliphatic carbocycles. The molecule has 7 heteroatoms. The molecule has 3 heterocycles. The van der Waals surface area contributed by atoms with Gasteiger partial charge < -0.3 is 9.72 Å². The Morgan fingerprint density at radius 1 is 1.46 bits per heavy atom.